The van der Waals surface area contributed by atoms with Crippen LogP contribution in [0.3, 0.4) is 0 Å². The topological polar surface area (TPSA) is 0 Å². The smallest absolute Gasteiger partial charge is 0.0326 e. The zero-order chi connectivity index (χ0) is 15.1. The van der Waals surface area contributed by atoms with Gasteiger partial charge in [0.25, 0.3) is 0 Å². The summed E-state index contributed by atoms with van der Waals surface area (Å²) in [6.07, 6.45) is 17.4. The van der Waals surface area contributed by atoms with E-state index in [-0.39, 0.29) is 0 Å². The lowest BCUT2D eigenvalue weighted by Gasteiger charge is -2.31. The fourth-order valence-corrected chi connectivity index (χ4v) is 3.87. The molecule has 0 heteroatoms. The Morgan fingerprint density at radius 1 is 0.750 bits per heavy atom. The van der Waals surface area contributed by atoms with E-state index in [0.717, 1.165) is 5.92 Å². The van der Waals surface area contributed by atoms with Gasteiger partial charge in [-0.2, -0.15) is 0 Å². The second-order valence-corrected chi connectivity index (χ2v) is 8.68. The predicted molar refractivity (Wildman–Crippen MR) is 92.1 cm³/mol. The minimum absolute atomic E-state index is 0.636. The summed E-state index contributed by atoms with van der Waals surface area (Å²) < 4.78 is 0. The lowest BCUT2D eigenvalue weighted by molar-refractivity contribution is 0.212. The van der Waals surface area contributed by atoms with E-state index in [0.29, 0.717) is 10.8 Å². The van der Waals surface area contributed by atoms with Crippen molar-refractivity contribution < 1.29 is 0 Å². The van der Waals surface area contributed by atoms with E-state index in [1.807, 2.05) is 0 Å². The molecule has 2 atom stereocenters. The van der Waals surface area contributed by atoms with Crippen molar-refractivity contribution in [2.75, 3.05) is 0 Å². The quantitative estimate of drug-likeness (QED) is 0.504. The van der Waals surface area contributed by atoms with Gasteiger partial charge in [0.15, 0.2) is 0 Å². The van der Waals surface area contributed by atoms with E-state index in [4.69, 9.17) is 0 Å². The molecule has 0 aromatic carbocycles. The normalized spacial score (nSPS) is 33.9. The van der Waals surface area contributed by atoms with E-state index in [1.54, 1.807) is 0 Å². The van der Waals surface area contributed by atoms with Crippen LogP contribution >= 0.6 is 0 Å². The average molecular weight is 281 g/mol. The van der Waals surface area contributed by atoms with E-state index >= 15 is 0 Å². The Morgan fingerprint density at radius 2 is 1.20 bits per heavy atom. The van der Waals surface area contributed by atoms with E-state index in [2.05, 4.69) is 34.6 Å². The van der Waals surface area contributed by atoms with E-state index in [9.17, 15) is 0 Å². The maximum absolute atomic E-state index is 2.58. The fraction of sp³-hybridized carbons (Fsp3) is 1.00. The molecule has 0 N–H and O–H groups in total. The predicted octanol–water partition coefficient (Wildman–Crippen LogP) is 7.37. The van der Waals surface area contributed by atoms with Gasteiger partial charge in [-0.3, -0.25) is 0 Å². The maximum atomic E-state index is 2.58. The zero-order valence-corrected chi connectivity index (χ0v) is 15.1. The largest absolute Gasteiger partial charge is 0.0649 e. The molecule has 1 aliphatic rings. The molecule has 1 fully saturated rings. The molecule has 0 aliphatic heterocycles. The maximum Gasteiger partial charge on any atom is -0.0326 e. The van der Waals surface area contributed by atoms with E-state index in [1.165, 1.54) is 77.0 Å². The van der Waals surface area contributed by atoms with Crippen LogP contribution in [0.4, 0.5) is 0 Å². The summed E-state index contributed by atoms with van der Waals surface area (Å²) in [4.78, 5) is 0. The van der Waals surface area contributed by atoms with Gasteiger partial charge in [0, 0.05) is 0 Å². The van der Waals surface area contributed by atoms with Crippen molar-refractivity contribution in [3.05, 3.63) is 0 Å². The van der Waals surface area contributed by atoms with Crippen molar-refractivity contribution in [1.82, 2.24) is 0 Å². The summed E-state index contributed by atoms with van der Waals surface area (Å²) in [6, 6.07) is 0. The van der Waals surface area contributed by atoms with E-state index < -0.39 is 0 Å². The summed E-state index contributed by atoms with van der Waals surface area (Å²) in [5.41, 5.74) is 1.27. The number of hydrogen-bond donors (Lipinski definition) is 0. The van der Waals surface area contributed by atoms with Crippen molar-refractivity contribution in [3.8, 4) is 0 Å². The van der Waals surface area contributed by atoms with Crippen molar-refractivity contribution in [2.24, 2.45) is 16.7 Å². The molecule has 0 nitrogen and oxygen atoms in total. The first-order valence-corrected chi connectivity index (χ1v) is 9.39. The minimum Gasteiger partial charge on any atom is -0.0649 e. The van der Waals surface area contributed by atoms with Gasteiger partial charge in [-0.1, -0.05) is 79.6 Å². The van der Waals surface area contributed by atoms with Crippen molar-refractivity contribution in [3.63, 3.8) is 0 Å². The molecular formula is C20H40. The van der Waals surface area contributed by atoms with Crippen LogP contribution in [0, 0.1) is 16.7 Å². The highest BCUT2D eigenvalue weighted by molar-refractivity contribution is 4.79. The van der Waals surface area contributed by atoms with Gasteiger partial charge < -0.3 is 0 Å². The third-order valence-corrected chi connectivity index (χ3v) is 6.05. The van der Waals surface area contributed by atoms with Gasteiger partial charge in [0.1, 0.15) is 0 Å². The van der Waals surface area contributed by atoms with Gasteiger partial charge in [-0.05, 0) is 48.9 Å². The third kappa shape index (κ3) is 6.64. The summed E-state index contributed by atoms with van der Waals surface area (Å²) in [5.74, 6) is 0.869. The first-order valence-electron chi connectivity index (χ1n) is 9.39. The monoisotopic (exact) mass is 280 g/mol. The summed E-state index contributed by atoms with van der Waals surface area (Å²) in [7, 11) is 0. The average Bonchev–Trinajstić information content (AvgIpc) is 2.44. The first-order chi connectivity index (χ1) is 9.39. The molecular weight excluding hydrogens is 240 g/mol. The van der Waals surface area contributed by atoms with Crippen molar-refractivity contribution in [1.29, 1.82) is 0 Å². The van der Waals surface area contributed by atoms with Crippen LogP contribution in [0.2, 0.25) is 0 Å². The van der Waals surface area contributed by atoms with Crippen LogP contribution in [-0.2, 0) is 0 Å². The molecule has 0 heterocycles. The highest BCUT2D eigenvalue weighted by Crippen LogP contribution is 2.40. The summed E-state index contributed by atoms with van der Waals surface area (Å²) >= 11 is 0. The second-order valence-electron chi connectivity index (χ2n) is 8.68. The van der Waals surface area contributed by atoms with Crippen LogP contribution in [0.5, 0.6) is 0 Å². The lowest BCUT2D eigenvalue weighted by Crippen LogP contribution is -2.18. The molecule has 20 heavy (non-hydrogen) atoms. The van der Waals surface area contributed by atoms with Crippen LogP contribution in [0.1, 0.15) is 112 Å². The zero-order valence-electron chi connectivity index (χ0n) is 15.1. The lowest BCUT2D eigenvalue weighted by atomic mass is 9.75. The fourth-order valence-electron chi connectivity index (χ4n) is 3.87. The van der Waals surface area contributed by atoms with Gasteiger partial charge >= 0.3 is 0 Å². The molecule has 0 bridgehead atoms. The van der Waals surface area contributed by atoms with Gasteiger partial charge in [0.2, 0.25) is 0 Å². The third-order valence-electron chi connectivity index (χ3n) is 6.05. The Morgan fingerprint density at radius 3 is 1.65 bits per heavy atom. The Bertz CT molecular complexity index is 255. The highest BCUT2D eigenvalue weighted by atomic mass is 14.3. The Balaban J connectivity index is 2.53. The molecule has 0 amide bonds. The molecule has 1 rings (SSSR count). The summed E-state index contributed by atoms with van der Waals surface area (Å²) in [5, 5.41) is 0. The van der Waals surface area contributed by atoms with Gasteiger partial charge in [-0.15, -0.1) is 0 Å². The Kier molecular flexibility index (Phi) is 7.62. The minimum atomic E-state index is 0.636. The van der Waals surface area contributed by atoms with Crippen LogP contribution in [0.25, 0.3) is 0 Å². The molecule has 0 aromatic heterocycles. The Labute approximate surface area is 129 Å². The molecule has 0 saturated heterocycles. The second kappa shape index (κ2) is 8.44. The SMILES string of the molecule is CCC1(C)CCCCCC(C)(CCC(C)C)CCCC1. The molecule has 2 unspecified atom stereocenters. The van der Waals surface area contributed by atoms with Crippen LogP contribution in [-0.4, -0.2) is 0 Å². The standard InChI is InChI=1S/C20H40/c1-6-19(4)13-8-7-9-15-20(5,16-11-10-14-19)17-12-18(2)3/h18H,6-17H2,1-5H3. The van der Waals surface area contributed by atoms with Crippen LogP contribution in [0.15, 0.2) is 0 Å². The number of hydrogen-bond acceptors (Lipinski definition) is 0. The molecule has 0 radical (unpaired) electrons. The molecule has 0 spiro atoms. The van der Waals surface area contributed by atoms with Gasteiger partial charge in [0.05, 0.1) is 0 Å². The molecule has 0 aromatic rings. The van der Waals surface area contributed by atoms with Crippen molar-refractivity contribution >= 4 is 0 Å². The number of rotatable bonds is 4. The molecule has 1 aliphatic carbocycles. The van der Waals surface area contributed by atoms with Crippen LogP contribution < -0.4 is 0 Å². The Hall–Kier alpha value is 0. The molecule has 1 saturated carbocycles. The van der Waals surface area contributed by atoms with Crippen molar-refractivity contribution in [2.45, 2.75) is 112 Å². The highest BCUT2D eigenvalue weighted by Gasteiger charge is 2.26. The molecule has 120 valence electrons. The first kappa shape index (κ1) is 18.1. The van der Waals surface area contributed by atoms with Gasteiger partial charge in [-0.25, -0.2) is 0 Å². The summed E-state index contributed by atoms with van der Waals surface area (Å²) in [6.45, 7) is 12.3.